The minimum absolute atomic E-state index is 0.155. The molecule has 0 aliphatic rings. The molecule has 9 nitrogen and oxygen atoms in total. The number of methoxy groups -OCH3 is 1. The molecule has 0 bridgehead atoms. The lowest BCUT2D eigenvalue weighted by Crippen LogP contribution is -1.99. The van der Waals surface area contributed by atoms with Gasteiger partial charge in [-0.3, -0.25) is 4.57 Å². The van der Waals surface area contributed by atoms with Gasteiger partial charge in [0.15, 0.2) is 28.9 Å². The van der Waals surface area contributed by atoms with E-state index in [9.17, 15) is 0 Å². The molecule has 0 fully saturated rings. The average molecular weight is 448 g/mol. The first-order chi connectivity index (χ1) is 15.6. The van der Waals surface area contributed by atoms with Gasteiger partial charge in [-0.05, 0) is 56.2 Å². The van der Waals surface area contributed by atoms with Crippen molar-refractivity contribution in [1.29, 1.82) is 0 Å². The topological polar surface area (TPSA) is 91.7 Å². The van der Waals surface area contributed by atoms with Gasteiger partial charge in [0.25, 0.3) is 0 Å². The number of nitrogens with zero attached hydrogens (tertiary/aromatic N) is 7. The van der Waals surface area contributed by atoms with Crippen molar-refractivity contribution in [3.8, 4) is 10.9 Å². The Morgan fingerprint density at radius 2 is 1.94 bits per heavy atom. The quantitative estimate of drug-likeness (QED) is 0.288. The summed E-state index contributed by atoms with van der Waals surface area (Å²) in [6, 6.07) is 7.65. The molecule has 10 heteroatoms. The highest BCUT2D eigenvalue weighted by molar-refractivity contribution is 7.12. The van der Waals surface area contributed by atoms with Crippen LogP contribution in [0.4, 0.5) is 0 Å². The Hall–Kier alpha value is -3.79. The number of hydrogen-bond donors (Lipinski definition) is 0. The molecule has 5 aromatic rings. The zero-order valence-corrected chi connectivity index (χ0v) is 18.9. The summed E-state index contributed by atoms with van der Waals surface area (Å²) in [4.78, 5) is 19.3. The van der Waals surface area contributed by atoms with E-state index >= 15 is 0 Å². The molecule has 0 radical (unpaired) electrons. The molecule has 4 aromatic heterocycles. The molecule has 0 aliphatic carbocycles. The summed E-state index contributed by atoms with van der Waals surface area (Å²) < 4.78 is 8.92. The minimum atomic E-state index is 0.155. The number of thiazole rings is 1. The SMILES string of the molecule is COc1ccc(/C(C)=N/OCc2nc3c4c(C)c(C)n(-c5nccs5)c4ncn3n2)cc1. The van der Waals surface area contributed by atoms with E-state index in [2.05, 4.69) is 38.6 Å². The molecule has 0 amide bonds. The Morgan fingerprint density at radius 3 is 2.66 bits per heavy atom. The summed E-state index contributed by atoms with van der Waals surface area (Å²) in [6.45, 7) is 6.17. The maximum Gasteiger partial charge on any atom is 0.195 e. The Kier molecular flexibility index (Phi) is 5.06. The maximum absolute atomic E-state index is 5.54. The Bertz CT molecular complexity index is 1430. The highest BCUT2D eigenvalue weighted by Crippen LogP contribution is 2.30. The van der Waals surface area contributed by atoms with Crippen molar-refractivity contribution in [3.63, 3.8) is 0 Å². The predicted octanol–water partition coefficient (Wildman–Crippen LogP) is 4.09. The molecule has 0 spiro atoms. The summed E-state index contributed by atoms with van der Waals surface area (Å²) in [5.74, 6) is 1.33. The fraction of sp³-hybridized carbons (Fsp3) is 0.227. The van der Waals surface area contributed by atoms with E-state index in [1.165, 1.54) is 0 Å². The lowest BCUT2D eigenvalue weighted by atomic mass is 10.1. The molecule has 0 aliphatic heterocycles. The summed E-state index contributed by atoms with van der Waals surface area (Å²) in [6.07, 6.45) is 3.46. The van der Waals surface area contributed by atoms with E-state index in [1.807, 2.05) is 36.6 Å². The van der Waals surface area contributed by atoms with Gasteiger partial charge in [-0.15, -0.1) is 16.4 Å². The van der Waals surface area contributed by atoms with Crippen molar-refractivity contribution in [2.45, 2.75) is 27.4 Å². The smallest absolute Gasteiger partial charge is 0.195 e. The van der Waals surface area contributed by atoms with Gasteiger partial charge in [-0.1, -0.05) is 5.16 Å². The van der Waals surface area contributed by atoms with E-state index in [0.29, 0.717) is 5.82 Å². The van der Waals surface area contributed by atoms with Crippen LogP contribution in [0.25, 0.3) is 21.8 Å². The zero-order chi connectivity index (χ0) is 22.2. The standard InChI is InChI=1S/C22H21N7O2S/c1-13-15(3)29(22-23-9-10-32-22)20-19(13)21-25-18(26-28(21)12-24-20)11-31-27-14(2)16-5-7-17(30-4)8-6-16/h5-10,12H,11H2,1-4H3/b27-14+. The molecule has 0 N–H and O–H groups in total. The van der Waals surface area contributed by atoms with Gasteiger partial charge in [0, 0.05) is 17.3 Å². The highest BCUT2D eigenvalue weighted by atomic mass is 32.1. The first kappa shape index (κ1) is 20.1. The third-order valence-electron chi connectivity index (χ3n) is 5.39. The van der Waals surface area contributed by atoms with Crippen LogP contribution < -0.4 is 4.74 Å². The number of rotatable bonds is 6. The molecule has 0 unspecified atom stereocenters. The molecular weight excluding hydrogens is 426 g/mol. The van der Waals surface area contributed by atoms with Crippen LogP contribution in [0.15, 0.2) is 47.3 Å². The summed E-state index contributed by atoms with van der Waals surface area (Å²) >= 11 is 1.57. The van der Waals surface area contributed by atoms with Crippen LogP contribution in [-0.4, -0.2) is 42.0 Å². The van der Waals surface area contributed by atoms with Crippen LogP contribution in [0.3, 0.4) is 0 Å². The van der Waals surface area contributed by atoms with Gasteiger partial charge in [0.05, 0.1) is 18.2 Å². The van der Waals surface area contributed by atoms with Gasteiger partial charge < -0.3 is 9.57 Å². The normalized spacial score (nSPS) is 12.1. The zero-order valence-electron chi connectivity index (χ0n) is 18.1. The lowest BCUT2D eigenvalue weighted by molar-refractivity contribution is 0.125. The number of aryl methyl sites for hydroxylation is 1. The van der Waals surface area contributed by atoms with Gasteiger partial charge >= 0.3 is 0 Å². The molecule has 0 saturated carbocycles. The van der Waals surface area contributed by atoms with Crippen molar-refractivity contribution in [1.82, 2.24) is 29.1 Å². The first-order valence-electron chi connectivity index (χ1n) is 9.99. The van der Waals surface area contributed by atoms with E-state index < -0.39 is 0 Å². The third kappa shape index (κ3) is 3.38. The first-order valence-corrected chi connectivity index (χ1v) is 10.9. The highest BCUT2D eigenvalue weighted by Gasteiger charge is 2.20. The molecule has 5 rings (SSSR count). The predicted molar refractivity (Wildman–Crippen MR) is 123 cm³/mol. The molecule has 162 valence electrons. The van der Waals surface area contributed by atoms with Crippen molar-refractivity contribution in [3.05, 3.63) is 64.8 Å². The second-order valence-electron chi connectivity index (χ2n) is 7.28. The molecule has 4 heterocycles. The minimum Gasteiger partial charge on any atom is -0.497 e. The van der Waals surface area contributed by atoms with E-state index in [-0.39, 0.29) is 6.61 Å². The van der Waals surface area contributed by atoms with E-state index in [0.717, 1.165) is 50.1 Å². The number of ether oxygens (including phenoxy) is 1. The molecule has 1 aromatic carbocycles. The number of benzene rings is 1. The summed E-state index contributed by atoms with van der Waals surface area (Å²) in [7, 11) is 1.64. The largest absolute Gasteiger partial charge is 0.497 e. The fourth-order valence-corrected chi connectivity index (χ4v) is 4.29. The fourth-order valence-electron chi connectivity index (χ4n) is 3.60. The van der Waals surface area contributed by atoms with Crippen molar-refractivity contribution >= 4 is 33.7 Å². The number of aromatic nitrogens is 6. The molecule has 32 heavy (non-hydrogen) atoms. The van der Waals surface area contributed by atoms with Crippen LogP contribution in [0.2, 0.25) is 0 Å². The van der Waals surface area contributed by atoms with Crippen molar-refractivity contribution in [2.75, 3.05) is 7.11 Å². The van der Waals surface area contributed by atoms with Gasteiger partial charge in [0.2, 0.25) is 0 Å². The molecule has 0 saturated heterocycles. The number of oxime groups is 1. The average Bonchev–Trinajstić information content (AvgIpc) is 3.53. The third-order valence-corrected chi connectivity index (χ3v) is 6.15. The Morgan fingerprint density at radius 1 is 1.12 bits per heavy atom. The van der Waals surface area contributed by atoms with Gasteiger partial charge in [0.1, 0.15) is 12.1 Å². The van der Waals surface area contributed by atoms with Crippen molar-refractivity contribution in [2.24, 2.45) is 5.16 Å². The molecule has 0 atom stereocenters. The van der Waals surface area contributed by atoms with Crippen molar-refractivity contribution < 1.29 is 9.57 Å². The summed E-state index contributed by atoms with van der Waals surface area (Å²) in [5.41, 5.74) is 5.44. The second kappa shape index (κ2) is 8.04. The van der Waals surface area contributed by atoms with Crippen LogP contribution in [-0.2, 0) is 11.4 Å². The number of hydrogen-bond acceptors (Lipinski definition) is 8. The molecular formula is C22H21N7O2S. The summed E-state index contributed by atoms with van der Waals surface area (Å²) in [5, 5.41) is 12.5. The second-order valence-corrected chi connectivity index (χ2v) is 8.15. The van der Waals surface area contributed by atoms with E-state index in [1.54, 1.807) is 35.5 Å². The Balaban J connectivity index is 1.43. The van der Waals surface area contributed by atoms with Gasteiger partial charge in [-0.25, -0.2) is 19.5 Å². The lowest BCUT2D eigenvalue weighted by Gasteiger charge is -2.03. The van der Waals surface area contributed by atoms with Gasteiger partial charge in [-0.2, -0.15) is 0 Å². The van der Waals surface area contributed by atoms with Crippen LogP contribution in [0.5, 0.6) is 5.75 Å². The van der Waals surface area contributed by atoms with Crippen LogP contribution >= 0.6 is 11.3 Å². The maximum atomic E-state index is 5.54. The van der Waals surface area contributed by atoms with E-state index in [4.69, 9.17) is 14.6 Å². The number of fused-ring (bicyclic) bond motifs is 3. The van der Waals surface area contributed by atoms with Crippen LogP contribution in [0, 0.1) is 13.8 Å². The Labute approximate surface area is 188 Å². The van der Waals surface area contributed by atoms with Crippen LogP contribution in [0.1, 0.15) is 29.6 Å². The monoisotopic (exact) mass is 447 g/mol.